The van der Waals surface area contributed by atoms with Crippen LogP contribution in [0.25, 0.3) is 11.0 Å². The molecule has 3 N–H and O–H groups in total. The molecule has 0 spiro atoms. The molecule has 0 aliphatic heterocycles. The standard InChI is InChI=1S/C20H25N3O3/c1-14(9-10-23-13-22-16-5-3-4-6-17(16)23)21-12-19(25)15-7-8-18(24)20(11-15)26-2/h3-8,11,13-14,19,21,24-25H,9-10,12H2,1-2H3/t14-,19+/m1/s1. The van der Waals surface area contributed by atoms with Gasteiger partial charge in [-0.05, 0) is 43.2 Å². The number of ether oxygens (including phenoxy) is 1. The van der Waals surface area contributed by atoms with Gasteiger partial charge in [-0.3, -0.25) is 0 Å². The number of rotatable bonds is 8. The normalized spacial score (nSPS) is 13.7. The third kappa shape index (κ3) is 4.15. The molecule has 1 aromatic heterocycles. The van der Waals surface area contributed by atoms with Crippen LogP contribution in [0.2, 0.25) is 0 Å². The van der Waals surface area contributed by atoms with E-state index in [9.17, 15) is 10.2 Å². The lowest BCUT2D eigenvalue weighted by Crippen LogP contribution is -2.31. The molecular weight excluding hydrogens is 330 g/mol. The Morgan fingerprint density at radius 2 is 2.04 bits per heavy atom. The lowest BCUT2D eigenvalue weighted by Gasteiger charge is -2.18. The van der Waals surface area contributed by atoms with E-state index in [1.807, 2.05) is 24.5 Å². The van der Waals surface area contributed by atoms with Crippen molar-refractivity contribution >= 4 is 11.0 Å². The van der Waals surface area contributed by atoms with E-state index in [0.29, 0.717) is 17.9 Å². The van der Waals surface area contributed by atoms with Gasteiger partial charge in [-0.25, -0.2) is 4.98 Å². The number of phenolic OH excluding ortho intramolecular Hbond substituents is 1. The lowest BCUT2D eigenvalue weighted by molar-refractivity contribution is 0.169. The number of nitrogens with one attached hydrogen (secondary N) is 1. The van der Waals surface area contributed by atoms with Crippen LogP contribution in [0.5, 0.6) is 11.5 Å². The summed E-state index contributed by atoms with van der Waals surface area (Å²) in [4.78, 5) is 4.40. The lowest BCUT2D eigenvalue weighted by atomic mass is 10.1. The topological polar surface area (TPSA) is 79.5 Å². The zero-order chi connectivity index (χ0) is 18.5. The van der Waals surface area contributed by atoms with E-state index in [0.717, 1.165) is 24.0 Å². The number of nitrogens with zero attached hydrogens (tertiary/aromatic N) is 2. The Balaban J connectivity index is 1.51. The highest BCUT2D eigenvalue weighted by molar-refractivity contribution is 5.74. The van der Waals surface area contributed by atoms with Crippen LogP contribution < -0.4 is 10.1 Å². The zero-order valence-electron chi connectivity index (χ0n) is 15.1. The SMILES string of the molecule is COc1cc([C@@H](O)CN[C@H](C)CCn2cnc3ccccc32)ccc1O. The molecule has 0 saturated heterocycles. The van der Waals surface area contributed by atoms with Crippen molar-refractivity contribution in [3.8, 4) is 11.5 Å². The number of methoxy groups -OCH3 is 1. The molecule has 0 saturated carbocycles. The van der Waals surface area contributed by atoms with Gasteiger partial charge in [0.05, 0.1) is 30.6 Å². The van der Waals surface area contributed by atoms with Crippen molar-refractivity contribution in [2.45, 2.75) is 32.0 Å². The third-order valence-electron chi connectivity index (χ3n) is 4.58. The van der Waals surface area contributed by atoms with Crippen molar-refractivity contribution < 1.29 is 14.9 Å². The third-order valence-corrected chi connectivity index (χ3v) is 4.58. The van der Waals surface area contributed by atoms with Crippen LogP contribution >= 0.6 is 0 Å². The largest absolute Gasteiger partial charge is 0.504 e. The number of hydrogen-bond donors (Lipinski definition) is 3. The number of aliphatic hydroxyl groups excluding tert-OH is 1. The van der Waals surface area contributed by atoms with E-state index < -0.39 is 6.10 Å². The molecule has 0 amide bonds. The molecule has 0 radical (unpaired) electrons. The Labute approximate surface area is 153 Å². The highest BCUT2D eigenvalue weighted by atomic mass is 16.5. The maximum atomic E-state index is 10.4. The summed E-state index contributed by atoms with van der Waals surface area (Å²) < 4.78 is 7.23. The minimum absolute atomic E-state index is 0.0670. The summed E-state index contributed by atoms with van der Waals surface area (Å²) >= 11 is 0. The quantitative estimate of drug-likeness (QED) is 0.579. The maximum absolute atomic E-state index is 10.4. The average Bonchev–Trinajstić information content (AvgIpc) is 3.08. The van der Waals surface area contributed by atoms with Crippen molar-refractivity contribution in [1.82, 2.24) is 14.9 Å². The summed E-state index contributed by atoms with van der Waals surface area (Å²) in [6, 6.07) is 13.2. The molecule has 3 aromatic rings. The van der Waals surface area contributed by atoms with E-state index in [1.54, 1.807) is 12.1 Å². The van der Waals surface area contributed by atoms with Crippen LogP contribution in [0, 0.1) is 0 Å². The van der Waals surface area contributed by atoms with Gasteiger partial charge < -0.3 is 24.8 Å². The minimum atomic E-state index is -0.666. The van der Waals surface area contributed by atoms with E-state index >= 15 is 0 Å². The summed E-state index contributed by atoms with van der Waals surface area (Å²) in [5, 5.41) is 23.4. The molecule has 0 aliphatic rings. The number of imidazole rings is 1. The first-order valence-electron chi connectivity index (χ1n) is 8.76. The first-order chi connectivity index (χ1) is 12.6. The van der Waals surface area contributed by atoms with Crippen LogP contribution in [0.1, 0.15) is 25.0 Å². The average molecular weight is 355 g/mol. The fraction of sp³-hybridized carbons (Fsp3) is 0.350. The van der Waals surface area contributed by atoms with Crippen LogP contribution in [-0.2, 0) is 6.54 Å². The molecule has 6 nitrogen and oxygen atoms in total. The van der Waals surface area contributed by atoms with Gasteiger partial charge >= 0.3 is 0 Å². The van der Waals surface area contributed by atoms with Crippen molar-refractivity contribution in [1.29, 1.82) is 0 Å². The predicted molar refractivity (Wildman–Crippen MR) is 101 cm³/mol. The highest BCUT2D eigenvalue weighted by Crippen LogP contribution is 2.28. The van der Waals surface area contributed by atoms with Crippen molar-refractivity contribution in [2.75, 3.05) is 13.7 Å². The number of phenols is 1. The molecule has 0 unspecified atom stereocenters. The first-order valence-corrected chi connectivity index (χ1v) is 8.76. The number of aliphatic hydroxyl groups is 1. The predicted octanol–water partition coefficient (Wildman–Crippen LogP) is 2.85. The van der Waals surface area contributed by atoms with Gasteiger partial charge in [-0.1, -0.05) is 18.2 Å². The monoisotopic (exact) mass is 355 g/mol. The van der Waals surface area contributed by atoms with Gasteiger partial charge in [0, 0.05) is 19.1 Å². The number of fused-ring (bicyclic) bond motifs is 1. The van der Waals surface area contributed by atoms with Gasteiger partial charge in [0.1, 0.15) is 0 Å². The molecule has 0 fully saturated rings. The maximum Gasteiger partial charge on any atom is 0.160 e. The van der Waals surface area contributed by atoms with Gasteiger partial charge in [-0.15, -0.1) is 0 Å². The second kappa shape index (κ2) is 8.21. The molecular formula is C20H25N3O3. The Hall–Kier alpha value is -2.57. The number of aromatic hydroxyl groups is 1. The Morgan fingerprint density at radius 1 is 1.23 bits per heavy atom. The van der Waals surface area contributed by atoms with Crippen molar-refractivity contribution in [3.05, 3.63) is 54.4 Å². The smallest absolute Gasteiger partial charge is 0.160 e. The molecule has 6 heteroatoms. The Bertz CT molecular complexity index is 862. The van der Waals surface area contributed by atoms with E-state index in [2.05, 4.69) is 27.9 Å². The molecule has 2 atom stereocenters. The summed E-state index contributed by atoms with van der Waals surface area (Å²) in [5.74, 6) is 0.430. The van der Waals surface area contributed by atoms with Gasteiger partial charge in [0.2, 0.25) is 0 Å². The molecule has 138 valence electrons. The molecule has 0 aliphatic carbocycles. The summed E-state index contributed by atoms with van der Waals surface area (Å²) in [5.41, 5.74) is 2.85. The molecule has 0 bridgehead atoms. The van der Waals surface area contributed by atoms with E-state index in [4.69, 9.17) is 4.74 Å². The van der Waals surface area contributed by atoms with Crippen LogP contribution in [-0.4, -0.2) is 39.5 Å². The molecule has 26 heavy (non-hydrogen) atoms. The number of aryl methyl sites for hydroxylation is 1. The number of para-hydroxylation sites is 2. The van der Waals surface area contributed by atoms with Crippen LogP contribution in [0.15, 0.2) is 48.8 Å². The Morgan fingerprint density at radius 3 is 2.85 bits per heavy atom. The summed E-state index contributed by atoms with van der Waals surface area (Å²) in [6.07, 6.45) is 2.13. The first kappa shape index (κ1) is 18.2. The fourth-order valence-corrected chi connectivity index (χ4v) is 2.96. The summed E-state index contributed by atoms with van der Waals surface area (Å²) in [7, 11) is 1.49. The number of aromatic nitrogens is 2. The minimum Gasteiger partial charge on any atom is -0.504 e. The van der Waals surface area contributed by atoms with E-state index in [-0.39, 0.29) is 11.8 Å². The highest BCUT2D eigenvalue weighted by Gasteiger charge is 2.12. The van der Waals surface area contributed by atoms with Gasteiger partial charge in [0.25, 0.3) is 0 Å². The van der Waals surface area contributed by atoms with Gasteiger partial charge in [-0.2, -0.15) is 0 Å². The van der Waals surface area contributed by atoms with Crippen molar-refractivity contribution in [3.63, 3.8) is 0 Å². The molecule has 2 aromatic carbocycles. The zero-order valence-corrected chi connectivity index (χ0v) is 15.1. The van der Waals surface area contributed by atoms with E-state index in [1.165, 1.54) is 13.2 Å². The second-order valence-electron chi connectivity index (χ2n) is 6.47. The number of benzene rings is 2. The summed E-state index contributed by atoms with van der Waals surface area (Å²) in [6.45, 7) is 3.39. The molecule has 1 heterocycles. The van der Waals surface area contributed by atoms with Gasteiger partial charge in [0.15, 0.2) is 11.5 Å². The fourth-order valence-electron chi connectivity index (χ4n) is 2.96. The Kier molecular flexibility index (Phi) is 5.75. The van der Waals surface area contributed by atoms with Crippen LogP contribution in [0.3, 0.4) is 0 Å². The van der Waals surface area contributed by atoms with Crippen molar-refractivity contribution in [2.24, 2.45) is 0 Å². The second-order valence-corrected chi connectivity index (χ2v) is 6.47. The number of hydrogen-bond acceptors (Lipinski definition) is 5. The van der Waals surface area contributed by atoms with Crippen LogP contribution in [0.4, 0.5) is 0 Å². The molecule has 3 rings (SSSR count).